The number of nitrogens with one attached hydrogen (secondary N) is 1. The first-order valence-electron chi connectivity index (χ1n) is 8.89. The normalized spacial score (nSPS) is 19.0. The zero-order chi connectivity index (χ0) is 21.1. The molecule has 1 saturated carbocycles. The standard InChI is InChI=1S/C20H17F3INO3S/c21-14-8-12(9-15(22)18(14)23)25-19(26)11-3-6-16(24)17(7-11)29-13-4-1-10(2-5-13)20(27)28/h3,6-10,13H,1-2,4-5H2,(H,25,26)(H,27,28)/t10-,13-. The number of carboxylic acids is 1. The second kappa shape index (κ2) is 9.38. The molecular formula is C20H17F3INO3S. The van der Waals surface area contributed by atoms with Gasteiger partial charge in [0.2, 0.25) is 0 Å². The number of thioether (sulfide) groups is 1. The van der Waals surface area contributed by atoms with Crippen LogP contribution in [0.5, 0.6) is 0 Å². The maximum atomic E-state index is 13.3. The number of halogens is 4. The number of amides is 1. The Bertz CT molecular complexity index is 926. The SMILES string of the molecule is O=C(Nc1cc(F)c(F)c(F)c1)c1ccc(I)c(S[C@H]2CC[C@H](C(=O)O)CC2)c1. The number of hydrogen-bond donors (Lipinski definition) is 2. The first-order chi connectivity index (χ1) is 13.7. The number of benzene rings is 2. The van der Waals surface area contributed by atoms with E-state index in [1.807, 2.05) is 0 Å². The number of hydrogen-bond acceptors (Lipinski definition) is 3. The van der Waals surface area contributed by atoms with E-state index in [-0.39, 0.29) is 16.9 Å². The molecule has 1 amide bonds. The lowest BCUT2D eigenvalue weighted by Gasteiger charge is -2.26. The lowest BCUT2D eigenvalue weighted by atomic mass is 9.89. The highest BCUT2D eigenvalue weighted by molar-refractivity contribution is 14.1. The summed E-state index contributed by atoms with van der Waals surface area (Å²) in [5.41, 5.74) is 0.128. The maximum Gasteiger partial charge on any atom is 0.306 e. The van der Waals surface area contributed by atoms with Crippen LogP contribution in [0, 0.1) is 26.9 Å². The van der Waals surface area contributed by atoms with Gasteiger partial charge in [-0.3, -0.25) is 9.59 Å². The largest absolute Gasteiger partial charge is 0.481 e. The van der Waals surface area contributed by atoms with E-state index in [9.17, 15) is 22.8 Å². The Labute approximate surface area is 183 Å². The summed E-state index contributed by atoms with van der Waals surface area (Å²) < 4.78 is 40.7. The van der Waals surface area contributed by atoms with Gasteiger partial charge in [-0.15, -0.1) is 11.8 Å². The van der Waals surface area contributed by atoms with Crippen molar-refractivity contribution in [3.63, 3.8) is 0 Å². The lowest BCUT2D eigenvalue weighted by Crippen LogP contribution is -2.22. The van der Waals surface area contributed by atoms with Gasteiger partial charge in [0.05, 0.1) is 5.92 Å². The van der Waals surface area contributed by atoms with Crippen LogP contribution in [-0.2, 0) is 4.79 Å². The molecule has 0 unspecified atom stereocenters. The van der Waals surface area contributed by atoms with Crippen LogP contribution in [-0.4, -0.2) is 22.2 Å². The van der Waals surface area contributed by atoms with Crippen LogP contribution in [0.1, 0.15) is 36.0 Å². The van der Waals surface area contributed by atoms with Crippen molar-refractivity contribution >= 4 is 51.9 Å². The molecule has 4 nitrogen and oxygen atoms in total. The van der Waals surface area contributed by atoms with Crippen LogP contribution in [0.15, 0.2) is 35.2 Å². The Kier molecular flexibility index (Phi) is 7.10. The molecule has 154 valence electrons. The molecule has 1 fully saturated rings. The topological polar surface area (TPSA) is 66.4 Å². The molecule has 2 N–H and O–H groups in total. The third-order valence-electron chi connectivity index (χ3n) is 4.75. The molecule has 0 atom stereocenters. The fraction of sp³-hybridized carbons (Fsp3) is 0.300. The fourth-order valence-electron chi connectivity index (χ4n) is 3.17. The Hall–Kier alpha value is -1.75. The number of anilines is 1. The van der Waals surface area contributed by atoms with E-state index in [0.29, 0.717) is 18.4 Å². The van der Waals surface area contributed by atoms with Crippen LogP contribution >= 0.6 is 34.4 Å². The van der Waals surface area contributed by atoms with E-state index in [2.05, 4.69) is 27.9 Å². The molecule has 0 aliphatic heterocycles. The molecular weight excluding hydrogens is 518 g/mol. The predicted molar refractivity (Wildman–Crippen MR) is 113 cm³/mol. The summed E-state index contributed by atoms with van der Waals surface area (Å²) in [7, 11) is 0. The zero-order valence-corrected chi connectivity index (χ0v) is 18.0. The van der Waals surface area contributed by atoms with E-state index >= 15 is 0 Å². The smallest absolute Gasteiger partial charge is 0.306 e. The maximum absolute atomic E-state index is 13.3. The molecule has 0 heterocycles. The van der Waals surface area contributed by atoms with Crippen LogP contribution in [0.3, 0.4) is 0 Å². The van der Waals surface area contributed by atoms with Gasteiger partial charge in [0.25, 0.3) is 5.91 Å². The molecule has 0 bridgehead atoms. The molecule has 3 rings (SSSR count). The second-order valence-corrected chi connectivity index (χ2v) is 9.29. The van der Waals surface area contributed by atoms with Gasteiger partial charge < -0.3 is 10.4 Å². The Morgan fingerprint density at radius 1 is 1.03 bits per heavy atom. The van der Waals surface area contributed by atoms with Crippen LogP contribution in [0.25, 0.3) is 0 Å². The molecule has 29 heavy (non-hydrogen) atoms. The summed E-state index contributed by atoms with van der Waals surface area (Å²) in [6, 6.07) is 6.51. The van der Waals surface area contributed by atoms with Crippen molar-refractivity contribution in [2.24, 2.45) is 5.92 Å². The second-order valence-electron chi connectivity index (χ2n) is 6.78. The van der Waals surface area contributed by atoms with Crippen molar-refractivity contribution in [2.75, 3.05) is 5.32 Å². The third-order valence-corrected chi connectivity index (χ3v) is 7.46. The Morgan fingerprint density at radius 3 is 2.24 bits per heavy atom. The van der Waals surface area contributed by atoms with E-state index in [0.717, 1.165) is 33.4 Å². The highest BCUT2D eigenvalue weighted by Crippen LogP contribution is 2.38. The molecule has 1 aliphatic carbocycles. The van der Waals surface area contributed by atoms with Crippen molar-refractivity contribution in [1.82, 2.24) is 0 Å². The third kappa shape index (κ3) is 5.44. The minimum atomic E-state index is -1.59. The number of carbonyl (C=O) groups is 2. The highest BCUT2D eigenvalue weighted by Gasteiger charge is 2.27. The fourth-order valence-corrected chi connectivity index (χ4v) is 5.13. The minimum Gasteiger partial charge on any atom is -0.481 e. The van der Waals surface area contributed by atoms with Crippen molar-refractivity contribution in [3.05, 3.63) is 56.9 Å². The van der Waals surface area contributed by atoms with Gasteiger partial charge in [-0.25, -0.2) is 13.2 Å². The Morgan fingerprint density at radius 2 is 1.66 bits per heavy atom. The monoisotopic (exact) mass is 535 g/mol. The van der Waals surface area contributed by atoms with Gasteiger partial charge in [0, 0.05) is 37.1 Å². The number of carbonyl (C=O) groups excluding carboxylic acids is 1. The van der Waals surface area contributed by atoms with Gasteiger partial charge in [-0.2, -0.15) is 0 Å². The molecule has 0 aromatic heterocycles. The number of carboxylic acid groups (broad SMARTS) is 1. The van der Waals surface area contributed by atoms with Gasteiger partial charge in [0.15, 0.2) is 17.5 Å². The predicted octanol–water partition coefficient (Wildman–Crippen LogP) is 5.70. The number of aliphatic carboxylic acids is 1. The first kappa shape index (κ1) is 21.9. The average molecular weight is 535 g/mol. The molecule has 2 aromatic rings. The van der Waals surface area contributed by atoms with E-state index < -0.39 is 29.3 Å². The summed E-state index contributed by atoms with van der Waals surface area (Å²) in [6.07, 6.45) is 2.82. The van der Waals surface area contributed by atoms with Crippen molar-refractivity contribution < 1.29 is 27.9 Å². The highest BCUT2D eigenvalue weighted by atomic mass is 127. The van der Waals surface area contributed by atoms with E-state index in [1.54, 1.807) is 30.0 Å². The van der Waals surface area contributed by atoms with Crippen molar-refractivity contribution in [2.45, 2.75) is 35.8 Å². The van der Waals surface area contributed by atoms with E-state index in [1.165, 1.54) is 0 Å². The molecule has 1 aliphatic rings. The first-order valence-corrected chi connectivity index (χ1v) is 10.9. The zero-order valence-electron chi connectivity index (χ0n) is 15.1. The quantitative estimate of drug-likeness (QED) is 0.381. The van der Waals surface area contributed by atoms with Gasteiger partial charge in [-0.05, 0) is 66.5 Å². The van der Waals surface area contributed by atoms with Gasteiger partial charge >= 0.3 is 5.97 Å². The van der Waals surface area contributed by atoms with Gasteiger partial charge in [-0.1, -0.05) is 0 Å². The molecule has 9 heteroatoms. The van der Waals surface area contributed by atoms with Crippen LogP contribution < -0.4 is 5.32 Å². The summed E-state index contributed by atoms with van der Waals surface area (Å²) in [4.78, 5) is 24.4. The van der Waals surface area contributed by atoms with Crippen LogP contribution in [0.4, 0.5) is 18.9 Å². The number of rotatable bonds is 5. The minimum absolute atomic E-state index is 0.175. The molecule has 2 aromatic carbocycles. The molecule has 0 radical (unpaired) electrons. The van der Waals surface area contributed by atoms with Crippen molar-refractivity contribution in [3.8, 4) is 0 Å². The molecule has 0 spiro atoms. The average Bonchev–Trinajstić information content (AvgIpc) is 2.68. The summed E-state index contributed by atoms with van der Waals surface area (Å²) in [5, 5.41) is 11.7. The van der Waals surface area contributed by atoms with Gasteiger partial charge in [0.1, 0.15) is 0 Å². The summed E-state index contributed by atoms with van der Waals surface area (Å²) >= 11 is 3.76. The molecule has 0 saturated heterocycles. The van der Waals surface area contributed by atoms with E-state index in [4.69, 9.17) is 5.11 Å². The van der Waals surface area contributed by atoms with Crippen LogP contribution in [0.2, 0.25) is 0 Å². The van der Waals surface area contributed by atoms with Crippen molar-refractivity contribution in [1.29, 1.82) is 0 Å². The lowest BCUT2D eigenvalue weighted by molar-refractivity contribution is -0.142. The summed E-state index contributed by atoms with van der Waals surface area (Å²) in [6.45, 7) is 0. The Balaban J connectivity index is 1.70. The summed E-state index contributed by atoms with van der Waals surface area (Å²) in [5.74, 6) is -5.96.